The Morgan fingerprint density at radius 2 is 1.89 bits per heavy atom. The second kappa shape index (κ2) is 7.28. The number of H-pyrrole nitrogens is 1. The molecule has 0 saturated heterocycles. The molecule has 4 N–H and O–H groups in total. The molecule has 0 amide bonds. The molecular weight excluding hydrogens is 354 g/mol. The number of carbonyl (C=O) groups is 1. The molecule has 2 heterocycles. The van der Waals surface area contributed by atoms with Crippen molar-refractivity contribution in [3.63, 3.8) is 0 Å². The van der Waals surface area contributed by atoms with E-state index in [0.717, 1.165) is 11.1 Å². The maximum Gasteiger partial charge on any atom is 0.336 e. The Morgan fingerprint density at radius 1 is 1.07 bits per heavy atom. The first-order valence-electron chi connectivity index (χ1n) is 8.64. The van der Waals surface area contributed by atoms with E-state index >= 15 is 0 Å². The molecule has 0 fully saturated rings. The van der Waals surface area contributed by atoms with Crippen molar-refractivity contribution < 1.29 is 15.0 Å². The lowest BCUT2D eigenvalue weighted by atomic mass is 10.0. The molecule has 6 heteroatoms. The van der Waals surface area contributed by atoms with Crippen LogP contribution in [0.1, 0.15) is 11.1 Å². The number of nitrogens with zero attached hydrogens (tertiary/aromatic N) is 1. The molecule has 4 aromatic rings. The van der Waals surface area contributed by atoms with Crippen LogP contribution < -0.4 is 5.32 Å². The van der Waals surface area contributed by atoms with Gasteiger partial charge in [0.1, 0.15) is 11.4 Å². The molecule has 0 radical (unpaired) electrons. The molecule has 138 valence electrons. The lowest BCUT2D eigenvalue weighted by Gasteiger charge is -2.09. The Kier molecular flexibility index (Phi) is 4.51. The second-order valence-electron chi connectivity index (χ2n) is 6.23. The zero-order valence-electron chi connectivity index (χ0n) is 14.8. The molecule has 0 saturated carbocycles. The van der Waals surface area contributed by atoms with E-state index in [9.17, 15) is 15.0 Å². The highest BCUT2D eigenvalue weighted by atomic mass is 16.4. The number of aromatic nitrogens is 2. The van der Waals surface area contributed by atoms with E-state index in [-0.39, 0.29) is 11.3 Å². The van der Waals surface area contributed by atoms with Gasteiger partial charge in [0.2, 0.25) is 0 Å². The predicted octanol–water partition coefficient (Wildman–Crippen LogP) is 4.64. The van der Waals surface area contributed by atoms with Gasteiger partial charge in [-0.05, 0) is 29.8 Å². The Labute approximate surface area is 160 Å². The van der Waals surface area contributed by atoms with Crippen LogP contribution in [0.5, 0.6) is 5.75 Å². The van der Waals surface area contributed by atoms with Crippen molar-refractivity contribution in [2.24, 2.45) is 0 Å². The number of aliphatic carboxylic acids is 1. The van der Waals surface area contributed by atoms with Crippen molar-refractivity contribution in [1.82, 2.24) is 9.97 Å². The Bertz CT molecular complexity index is 1180. The summed E-state index contributed by atoms with van der Waals surface area (Å²) >= 11 is 0. The number of rotatable bonds is 5. The molecule has 2 aromatic heterocycles. The number of phenolic OH excluding ortho intramolecular Hbond substituents is 1. The molecule has 0 aliphatic carbocycles. The van der Waals surface area contributed by atoms with E-state index in [4.69, 9.17) is 0 Å². The van der Waals surface area contributed by atoms with Gasteiger partial charge in [0.15, 0.2) is 0 Å². The first-order chi connectivity index (χ1) is 13.6. The second-order valence-corrected chi connectivity index (χ2v) is 6.23. The van der Waals surface area contributed by atoms with E-state index in [1.165, 1.54) is 0 Å². The van der Waals surface area contributed by atoms with Gasteiger partial charge in [-0.1, -0.05) is 36.4 Å². The van der Waals surface area contributed by atoms with E-state index < -0.39 is 5.97 Å². The van der Waals surface area contributed by atoms with Gasteiger partial charge in [-0.3, -0.25) is 0 Å². The third kappa shape index (κ3) is 3.43. The number of hydrogen-bond acceptors (Lipinski definition) is 4. The molecule has 0 unspecified atom stereocenters. The van der Waals surface area contributed by atoms with Crippen molar-refractivity contribution in [3.05, 3.63) is 84.2 Å². The summed E-state index contributed by atoms with van der Waals surface area (Å²) in [7, 11) is 0. The van der Waals surface area contributed by atoms with Crippen LogP contribution in [0, 0.1) is 0 Å². The van der Waals surface area contributed by atoms with Gasteiger partial charge in [-0.25, -0.2) is 9.78 Å². The van der Waals surface area contributed by atoms with Crippen LogP contribution in [0.15, 0.2) is 73.1 Å². The smallest absolute Gasteiger partial charge is 0.336 e. The zero-order chi connectivity index (χ0) is 19.5. The van der Waals surface area contributed by atoms with Crippen molar-refractivity contribution in [1.29, 1.82) is 0 Å². The van der Waals surface area contributed by atoms with Gasteiger partial charge < -0.3 is 20.5 Å². The fraction of sp³-hybridized carbons (Fsp3) is 0. The molecule has 28 heavy (non-hydrogen) atoms. The third-order valence-corrected chi connectivity index (χ3v) is 4.34. The molecule has 0 aliphatic rings. The standard InChI is InChI=1S/C22H17N3O3/c26-17-8-4-7-16(12-17)25-19-9-10-23-21-20(19)15(13-24-21)11-18(22(27)28)14-5-2-1-3-6-14/h1-13,26H,(H,27,28)(H2,23,24,25). The van der Waals surface area contributed by atoms with Crippen molar-refractivity contribution in [2.45, 2.75) is 0 Å². The van der Waals surface area contributed by atoms with Crippen molar-refractivity contribution >= 4 is 40.0 Å². The number of nitrogens with one attached hydrogen (secondary N) is 2. The van der Waals surface area contributed by atoms with Crippen LogP contribution in [0.3, 0.4) is 0 Å². The normalized spacial score (nSPS) is 11.5. The molecule has 4 rings (SSSR count). The predicted molar refractivity (Wildman–Crippen MR) is 109 cm³/mol. The minimum Gasteiger partial charge on any atom is -0.508 e. The molecule has 0 aliphatic heterocycles. The highest BCUT2D eigenvalue weighted by Gasteiger charge is 2.14. The number of phenols is 1. The van der Waals surface area contributed by atoms with Crippen LogP contribution in [-0.4, -0.2) is 26.2 Å². The summed E-state index contributed by atoms with van der Waals surface area (Å²) in [5.41, 5.74) is 3.61. The van der Waals surface area contributed by atoms with Crippen LogP contribution in [-0.2, 0) is 4.79 Å². The highest BCUT2D eigenvalue weighted by Crippen LogP contribution is 2.31. The lowest BCUT2D eigenvalue weighted by molar-refractivity contribution is -0.130. The number of hydrogen-bond donors (Lipinski definition) is 4. The number of fused-ring (bicyclic) bond motifs is 1. The Hall–Kier alpha value is -4.06. The van der Waals surface area contributed by atoms with Crippen LogP contribution in [0.4, 0.5) is 11.4 Å². The van der Waals surface area contributed by atoms with Gasteiger partial charge in [-0.15, -0.1) is 0 Å². The summed E-state index contributed by atoms with van der Waals surface area (Å²) < 4.78 is 0. The number of pyridine rings is 1. The largest absolute Gasteiger partial charge is 0.508 e. The summed E-state index contributed by atoms with van der Waals surface area (Å²) in [5.74, 6) is -0.853. The minimum absolute atomic E-state index is 0.154. The maximum absolute atomic E-state index is 11.8. The molecular formula is C22H17N3O3. The van der Waals surface area contributed by atoms with Crippen LogP contribution in [0.2, 0.25) is 0 Å². The lowest BCUT2D eigenvalue weighted by Crippen LogP contribution is -1.99. The zero-order valence-corrected chi connectivity index (χ0v) is 14.8. The highest BCUT2D eigenvalue weighted by molar-refractivity contribution is 6.22. The van der Waals surface area contributed by atoms with E-state index in [2.05, 4.69) is 15.3 Å². The van der Waals surface area contributed by atoms with Crippen molar-refractivity contribution in [3.8, 4) is 5.75 Å². The fourth-order valence-electron chi connectivity index (χ4n) is 3.08. The summed E-state index contributed by atoms with van der Waals surface area (Å²) in [6.45, 7) is 0. The first-order valence-corrected chi connectivity index (χ1v) is 8.64. The third-order valence-electron chi connectivity index (χ3n) is 4.34. The van der Waals surface area contributed by atoms with E-state index in [1.807, 2.05) is 12.1 Å². The molecule has 6 nitrogen and oxygen atoms in total. The molecule has 0 atom stereocenters. The summed E-state index contributed by atoms with van der Waals surface area (Å²) in [5, 5.41) is 23.4. The summed E-state index contributed by atoms with van der Waals surface area (Å²) in [6, 6.07) is 17.6. The minimum atomic E-state index is -1.01. The van der Waals surface area contributed by atoms with Gasteiger partial charge in [0.05, 0.1) is 11.3 Å². The number of carboxylic acids is 1. The number of benzene rings is 2. The Balaban J connectivity index is 1.83. The SMILES string of the molecule is O=C(O)C(=Cc1c[nH]c2nccc(Nc3cccc(O)c3)c12)c1ccccc1. The molecule has 0 spiro atoms. The quantitative estimate of drug-likeness (QED) is 0.383. The average molecular weight is 371 g/mol. The summed E-state index contributed by atoms with van der Waals surface area (Å²) in [4.78, 5) is 19.2. The van der Waals surface area contributed by atoms with Gasteiger partial charge in [-0.2, -0.15) is 0 Å². The maximum atomic E-state index is 11.8. The summed E-state index contributed by atoms with van der Waals surface area (Å²) in [6.07, 6.45) is 5.02. The first kappa shape index (κ1) is 17.4. The molecule has 0 bridgehead atoms. The van der Waals surface area contributed by atoms with Crippen LogP contribution in [0.25, 0.3) is 22.7 Å². The number of anilines is 2. The topological polar surface area (TPSA) is 98.2 Å². The fourth-order valence-corrected chi connectivity index (χ4v) is 3.08. The molecule has 2 aromatic carbocycles. The van der Waals surface area contributed by atoms with E-state index in [0.29, 0.717) is 22.5 Å². The number of carboxylic acid groups (broad SMARTS) is 1. The van der Waals surface area contributed by atoms with Gasteiger partial charge in [0.25, 0.3) is 0 Å². The van der Waals surface area contributed by atoms with Gasteiger partial charge >= 0.3 is 5.97 Å². The number of aromatic amines is 1. The monoisotopic (exact) mass is 371 g/mol. The average Bonchev–Trinajstić information content (AvgIpc) is 3.10. The van der Waals surface area contributed by atoms with Crippen molar-refractivity contribution in [2.75, 3.05) is 5.32 Å². The number of aromatic hydroxyl groups is 1. The van der Waals surface area contributed by atoms with Gasteiger partial charge in [0, 0.05) is 35.1 Å². The van der Waals surface area contributed by atoms with E-state index in [1.54, 1.807) is 67.0 Å². The van der Waals surface area contributed by atoms with Crippen LogP contribution >= 0.6 is 0 Å². The Morgan fingerprint density at radius 3 is 2.64 bits per heavy atom.